The van der Waals surface area contributed by atoms with Gasteiger partial charge in [-0.15, -0.1) is 0 Å². The van der Waals surface area contributed by atoms with Crippen LogP contribution >= 0.6 is 0 Å². The zero-order valence-electron chi connectivity index (χ0n) is 11.5. The minimum absolute atomic E-state index is 0.0266. The summed E-state index contributed by atoms with van der Waals surface area (Å²) in [5, 5.41) is 0. The first-order chi connectivity index (χ1) is 9.56. The molecule has 0 saturated heterocycles. The first-order valence-electron chi connectivity index (χ1n) is 6.98. The Morgan fingerprint density at radius 3 is 2.35 bits per heavy atom. The van der Waals surface area contributed by atoms with Crippen LogP contribution in [0.25, 0.3) is 0 Å². The molecule has 112 valence electrons. The molecule has 1 fully saturated rings. The maximum Gasteiger partial charge on any atom is 0.194 e. The van der Waals surface area contributed by atoms with Crippen LogP contribution < -0.4 is 5.73 Å². The molecular weight excluding hydrogens is 267 g/mol. The van der Waals surface area contributed by atoms with Gasteiger partial charge in [-0.05, 0) is 24.8 Å². The highest BCUT2D eigenvalue weighted by Gasteiger charge is 2.31. The van der Waals surface area contributed by atoms with Crippen molar-refractivity contribution in [2.24, 2.45) is 11.7 Å². The predicted molar refractivity (Wildman–Crippen MR) is 70.6 cm³/mol. The summed E-state index contributed by atoms with van der Waals surface area (Å²) in [7, 11) is 1.52. The topological polar surface area (TPSA) is 35.2 Å². The van der Waals surface area contributed by atoms with Gasteiger partial charge in [-0.3, -0.25) is 0 Å². The SMILES string of the molecule is COC(C1CCCCC1)C(N)c1ccc(F)c(F)c1F. The zero-order valence-corrected chi connectivity index (χ0v) is 11.5. The van der Waals surface area contributed by atoms with Crippen LogP contribution in [-0.2, 0) is 4.74 Å². The highest BCUT2D eigenvalue weighted by Crippen LogP contribution is 2.34. The van der Waals surface area contributed by atoms with Gasteiger partial charge in [-0.25, -0.2) is 13.2 Å². The molecule has 1 saturated carbocycles. The minimum Gasteiger partial charge on any atom is -0.379 e. The molecule has 0 aliphatic heterocycles. The van der Waals surface area contributed by atoms with Gasteiger partial charge in [0, 0.05) is 12.7 Å². The molecule has 0 bridgehead atoms. The first kappa shape index (κ1) is 15.3. The molecule has 2 nitrogen and oxygen atoms in total. The van der Waals surface area contributed by atoms with Crippen molar-refractivity contribution in [1.82, 2.24) is 0 Å². The van der Waals surface area contributed by atoms with Crippen molar-refractivity contribution >= 4 is 0 Å². The van der Waals surface area contributed by atoms with Crippen molar-refractivity contribution in [3.63, 3.8) is 0 Å². The second-order valence-corrected chi connectivity index (χ2v) is 5.39. The van der Waals surface area contributed by atoms with Gasteiger partial charge in [-0.2, -0.15) is 0 Å². The molecule has 1 aromatic carbocycles. The number of halogens is 3. The lowest BCUT2D eigenvalue weighted by Crippen LogP contribution is -2.36. The Bertz CT molecular complexity index is 461. The van der Waals surface area contributed by atoms with Gasteiger partial charge in [-0.1, -0.05) is 25.3 Å². The maximum absolute atomic E-state index is 13.8. The van der Waals surface area contributed by atoms with E-state index in [-0.39, 0.29) is 17.6 Å². The highest BCUT2D eigenvalue weighted by atomic mass is 19.2. The summed E-state index contributed by atoms with van der Waals surface area (Å²) in [4.78, 5) is 0. The Hall–Kier alpha value is -1.07. The van der Waals surface area contributed by atoms with Gasteiger partial charge in [0.2, 0.25) is 0 Å². The van der Waals surface area contributed by atoms with Gasteiger partial charge in [0.1, 0.15) is 0 Å². The lowest BCUT2D eigenvalue weighted by molar-refractivity contribution is 0.0163. The van der Waals surface area contributed by atoms with Crippen LogP contribution in [0.1, 0.15) is 43.7 Å². The summed E-state index contributed by atoms with van der Waals surface area (Å²) in [6, 6.07) is 1.31. The van der Waals surface area contributed by atoms with Crippen molar-refractivity contribution in [2.45, 2.75) is 44.2 Å². The molecule has 0 heterocycles. The van der Waals surface area contributed by atoms with Crippen LogP contribution in [-0.4, -0.2) is 13.2 Å². The smallest absolute Gasteiger partial charge is 0.194 e. The summed E-state index contributed by atoms with van der Waals surface area (Å²) < 4.78 is 45.5. The van der Waals surface area contributed by atoms with Gasteiger partial charge in [0.05, 0.1) is 12.1 Å². The van der Waals surface area contributed by atoms with E-state index in [0.29, 0.717) is 0 Å². The Labute approximate surface area is 117 Å². The maximum atomic E-state index is 13.8. The Morgan fingerprint density at radius 1 is 1.10 bits per heavy atom. The summed E-state index contributed by atoms with van der Waals surface area (Å²) >= 11 is 0. The van der Waals surface area contributed by atoms with Gasteiger partial charge in [0.15, 0.2) is 17.5 Å². The summed E-state index contributed by atoms with van der Waals surface area (Å²) in [6.07, 6.45) is 4.93. The van der Waals surface area contributed by atoms with Crippen LogP contribution in [0.3, 0.4) is 0 Å². The average molecular weight is 287 g/mol. The molecule has 20 heavy (non-hydrogen) atoms. The first-order valence-corrected chi connectivity index (χ1v) is 6.98. The molecule has 1 aliphatic rings. The lowest BCUT2D eigenvalue weighted by Gasteiger charge is -2.33. The number of benzene rings is 1. The van der Waals surface area contributed by atoms with E-state index in [2.05, 4.69) is 0 Å². The molecule has 2 atom stereocenters. The van der Waals surface area contributed by atoms with E-state index in [9.17, 15) is 13.2 Å². The number of rotatable bonds is 4. The minimum atomic E-state index is -1.48. The molecule has 0 radical (unpaired) electrons. The van der Waals surface area contributed by atoms with Crippen molar-refractivity contribution in [2.75, 3.05) is 7.11 Å². The van der Waals surface area contributed by atoms with Crippen LogP contribution in [0.5, 0.6) is 0 Å². The third-order valence-electron chi connectivity index (χ3n) is 4.16. The molecule has 0 spiro atoms. The fourth-order valence-corrected chi connectivity index (χ4v) is 3.07. The third-order valence-corrected chi connectivity index (χ3v) is 4.16. The number of hydrogen-bond acceptors (Lipinski definition) is 2. The Morgan fingerprint density at radius 2 is 1.75 bits per heavy atom. The molecule has 0 aromatic heterocycles. The lowest BCUT2D eigenvalue weighted by atomic mass is 9.81. The number of hydrogen-bond donors (Lipinski definition) is 1. The molecule has 0 amide bonds. The average Bonchev–Trinajstić information content (AvgIpc) is 2.47. The quantitative estimate of drug-likeness (QED) is 0.857. The number of ether oxygens (including phenoxy) is 1. The fraction of sp³-hybridized carbons (Fsp3) is 0.600. The van der Waals surface area contributed by atoms with E-state index in [0.717, 1.165) is 31.7 Å². The largest absolute Gasteiger partial charge is 0.379 e. The summed E-state index contributed by atoms with van der Waals surface area (Å²) in [5.41, 5.74) is 6.02. The molecule has 2 unspecified atom stereocenters. The molecule has 2 N–H and O–H groups in total. The monoisotopic (exact) mass is 287 g/mol. The highest BCUT2D eigenvalue weighted by molar-refractivity contribution is 5.24. The molecule has 1 aromatic rings. The normalized spacial score (nSPS) is 19.9. The van der Waals surface area contributed by atoms with E-state index in [4.69, 9.17) is 10.5 Å². The molecular formula is C15H20F3NO. The predicted octanol–water partition coefficient (Wildman–Crippen LogP) is 3.70. The van der Waals surface area contributed by atoms with Gasteiger partial charge >= 0.3 is 0 Å². The second kappa shape index (κ2) is 6.59. The molecule has 2 rings (SSSR count). The molecule has 1 aliphatic carbocycles. The number of methoxy groups -OCH3 is 1. The Balaban J connectivity index is 2.23. The van der Waals surface area contributed by atoms with Crippen molar-refractivity contribution in [3.8, 4) is 0 Å². The van der Waals surface area contributed by atoms with E-state index in [1.807, 2.05) is 0 Å². The van der Waals surface area contributed by atoms with Crippen molar-refractivity contribution in [3.05, 3.63) is 35.1 Å². The number of nitrogens with two attached hydrogens (primary N) is 1. The third kappa shape index (κ3) is 2.99. The van der Waals surface area contributed by atoms with Crippen LogP contribution in [0, 0.1) is 23.4 Å². The Kier molecular flexibility index (Phi) is 5.05. The van der Waals surface area contributed by atoms with Gasteiger partial charge < -0.3 is 10.5 Å². The van der Waals surface area contributed by atoms with Gasteiger partial charge in [0.25, 0.3) is 0 Å². The van der Waals surface area contributed by atoms with E-state index in [1.54, 1.807) is 0 Å². The van der Waals surface area contributed by atoms with E-state index < -0.39 is 23.5 Å². The van der Waals surface area contributed by atoms with Crippen LogP contribution in [0.15, 0.2) is 12.1 Å². The van der Waals surface area contributed by atoms with Crippen LogP contribution in [0.2, 0.25) is 0 Å². The standard InChI is InChI=1S/C15H20F3NO/c1-20-15(9-5-3-2-4-6-9)14(19)10-7-8-11(16)13(18)12(10)17/h7-9,14-15H,2-6,19H2,1H3. The molecule has 5 heteroatoms. The van der Waals surface area contributed by atoms with E-state index >= 15 is 0 Å². The second-order valence-electron chi connectivity index (χ2n) is 5.39. The van der Waals surface area contributed by atoms with Crippen molar-refractivity contribution in [1.29, 1.82) is 0 Å². The van der Waals surface area contributed by atoms with E-state index in [1.165, 1.54) is 19.6 Å². The van der Waals surface area contributed by atoms with Crippen molar-refractivity contribution < 1.29 is 17.9 Å². The summed E-state index contributed by atoms with van der Waals surface area (Å²) in [5.74, 6) is -3.66. The zero-order chi connectivity index (χ0) is 14.7. The summed E-state index contributed by atoms with van der Waals surface area (Å²) in [6.45, 7) is 0. The fourth-order valence-electron chi connectivity index (χ4n) is 3.07. The van der Waals surface area contributed by atoms with Crippen LogP contribution in [0.4, 0.5) is 13.2 Å².